The standard InChI is InChI=1S/C18H19N3O2S/c1-11-14(21-15(12-7-8-12)10-24-18(21)20-11)9-19-16(17(22)23)13-5-3-2-4-6-13/h2-6,10,12,16,19H,7-9H2,1H3,(H,22,23)/t16-/m0/s1. The van der Waals surface area contributed by atoms with E-state index in [0.717, 1.165) is 21.9 Å². The predicted octanol–water partition coefficient (Wildman–Crippen LogP) is 3.50. The Balaban J connectivity index is 1.63. The fourth-order valence-electron chi connectivity index (χ4n) is 3.10. The second kappa shape index (κ2) is 6.03. The molecule has 0 spiro atoms. The molecule has 0 bridgehead atoms. The second-order valence-electron chi connectivity index (χ2n) is 6.26. The van der Waals surface area contributed by atoms with Crippen LogP contribution in [0.1, 0.15) is 47.4 Å². The molecule has 0 amide bonds. The van der Waals surface area contributed by atoms with E-state index < -0.39 is 12.0 Å². The molecular weight excluding hydrogens is 322 g/mol. The molecule has 1 saturated carbocycles. The summed E-state index contributed by atoms with van der Waals surface area (Å²) in [5.74, 6) is -0.233. The summed E-state index contributed by atoms with van der Waals surface area (Å²) >= 11 is 1.66. The van der Waals surface area contributed by atoms with Crippen molar-refractivity contribution in [3.63, 3.8) is 0 Å². The van der Waals surface area contributed by atoms with Gasteiger partial charge in [0.15, 0.2) is 4.96 Å². The van der Waals surface area contributed by atoms with Crippen LogP contribution in [0.15, 0.2) is 35.7 Å². The quantitative estimate of drug-likeness (QED) is 0.720. The number of carboxylic acids is 1. The third-order valence-corrected chi connectivity index (χ3v) is 5.38. The van der Waals surface area contributed by atoms with Gasteiger partial charge in [0, 0.05) is 23.5 Å². The minimum atomic E-state index is -0.868. The SMILES string of the molecule is Cc1nc2scc(C3CC3)n2c1CN[C@H](C(=O)O)c1ccccc1. The van der Waals surface area contributed by atoms with Gasteiger partial charge in [-0.2, -0.15) is 0 Å². The van der Waals surface area contributed by atoms with Crippen LogP contribution in [-0.2, 0) is 11.3 Å². The van der Waals surface area contributed by atoms with Crippen molar-refractivity contribution in [3.05, 3.63) is 58.4 Å². The lowest BCUT2D eigenvalue weighted by Gasteiger charge is -2.15. The summed E-state index contributed by atoms with van der Waals surface area (Å²) in [5.41, 5.74) is 4.11. The monoisotopic (exact) mass is 341 g/mol. The van der Waals surface area contributed by atoms with Crippen LogP contribution in [0.3, 0.4) is 0 Å². The van der Waals surface area contributed by atoms with Crippen molar-refractivity contribution >= 4 is 22.3 Å². The van der Waals surface area contributed by atoms with Gasteiger partial charge in [0.25, 0.3) is 0 Å². The Kier molecular flexibility index (Phi) is 3.86. The Morgan fingerprint density at radius 2 is 2.17 bits per heavy atom. The van der Waals surface area contributed by atoms with E-state index in [1.54, 1.807) is 11.3 Å². The van der Waals surface area contributed by atoms with E-state index in [1.807, 2.05) is 37.3 Å². The molecule has 1 atom stereocenters. The molecule has 2 N–H and O–H groups in total. The maximum atomic E-state index is 11.7. The Morgan fingerprint density at radius 1 is 1.42 bits per heavy atom. The number of rotatable bonds is 6. The van der Waals surface area contributed by atoms with Crippen LogP contribution >= 0.6 is 11.3 Å². The third-order valence-electron chi connectivity index (χ3n) is 4.53. The van der Waals surface area contributed by atoms with Crippen LogP contribution in [-0.4, -0.2) is 20.5 Å². The zero-order valence-electron chi connectivity index (χ0n) is 13.4. The molecule has 2 aromatic heterocycles. The summed E-state index contributed by atoms with van der Waals surface area (Å²) in [6.45, 7) is 2.47. The molecule has 24 heavy (non-hydrogen) atoms. The Hall–Kier alpha value is -2.18. The van der Waals surface area contributed by atoms with Gasteiger partial charge >= 0.3 is 5.97 Å². The van der Waals surface area contributed by atoms with Crippen molar-refractivity contribution in [2.45, 2.75) is 38.3 Å². The number of fused-ring (bicyclic) bond motifs is 1. The number of aliphatic carboxylic acids is 1. The van der Waals surface area contributed by atoms with Crippen molar-refractivity contribution in [2.24, 2.45) is 0 Å². The van der Waals surface area contributed by atoms with Gasteiger partial charge in [0.2, 0.25) is 0 Å². The minimum absolute atomic E-state index is 0.481. The number of carbonyl (C=O) groups is 1. The molecule has 2 heterocycles. The third kappa shape index (κ3) is 2.72. The Bertz CT molecular complexity index is 880. The van der Waals surface area contributed by atoms with Gasteiger partial charge in [-0.25, -0.2) is 4.98 Å². The molecule has 0 saturated heterocycles. The summed E-state index contributed by atoms with van der Waals surface area (Å²) in [6, 6.07) is 8.56. The predicted molar refractivity (Wildman–Crippen MR) is 93.4 cm³/mol. The molecule has 5 nitrogen and oxygen atoms in total. The van der Waals surface area contributed by atoms with Crippen LogP contribution in [0.5, 0.6) is 0 Å². The molecule has 0 aliphatic heterocycles. The average molecular weight is 341 g/mol. The number of imidazole rings is 1. The van der Waals surface area contributed by atoms with Crippen molar-refractivity contribution in [1.29, 1.82) is 0 Å². The van der Waals surface area contributed by atoms with Gasteiger partial charge in [0.1, 0.15) is 6.04 Å². The highest BCUT2D eigenvalue weighted by atomic mass is 32.1. The molecule has 1 fully saturated rings. The number of aromatic nitrogens is 2. The van der Waals surface area contributed by atoms with E-state index in [0.29, 0.717) is 12.5 Å². The first-order valence-corrected chi connectivity index (χ1v) is 8.99. The minimum Gasteiger partial charge on any atom is -0.480 e. The van der Waals surface area contributed by atoms with Gasteiger partial charge < -0.3 is 5.11 Å². The topological polar surface area (TPSA) is 66.6 Å². The van der Waals surface area contributed by atoms with E-state index in [4.69, 9.17) is 0 Å². The highest BCUT2D eigenvalue weighted by molar-refractivity contribution is 7.15. The molecule has 1 aromatic carbocycles. The maximum Gasteiger partial charge on any atom is 0.325 e. The lowest BCUT2D eigenvalue weighted by molar-refractivity contribution is -0.139. The Labute approximate surface area is 144 Å². The van der Waals surface area contributed by atoms with Gasteiger partial charge in [-0.3, -0.25) is 14.5 Å². The molecule has 1 aliphatic carbocycles. The molecule has 4 rings (SSSR count). The molecule has 3 aromatic rings. The summed E-state index contributed by atoms with van der Waals surface area (Å²) in [6.07, 6.45) is 2.47. The number of thiazole rings is 1. The molecular formula is C18H19N3O2S. The first kappa shape index (κ1) is 15.4. The zero-order valence-corrected chi connectivity index (χ0v) is 14.2. The first-order valence-electron chi connectivity index (χ1n) is 8.11. The number of nitrogens with one attached hydrogen (secondary N) is 1. The summed E-state index contributed by atoms with van der Waals surface area (Å²) in [5, 5.41) is 14.9. The van der Waals surface area contributed by atoms with E-state index in [2.05, 4.69) is 20.1 Å². The van der Waals surface area contributed by atoms with E-state index in [9.17, 15) is 9.90 Å². The van der Waals surface area contributed by atoms with Crippen molar-refractivity contribution < 1.29 is 9.90 Å². The van der Waals surface area contributed by atoms with E-state index in [1.165, 1.54) is 18.5 Å². The number of aryl methyl sites for hydroxylation is 1. The van der Waals surface area contributed by atoms with Gasteiger partial charge in [-0.1, -0.05) is 30.3 Å². The highest BCUT2D eigenvalue weighted by Crippen LogP contribution is 2.42. The lowest BCUT2D eigenvalue weighted by Crippen LogP contribution is -2.28. The number of hydrogen-bond donors (Lipinski definition) is 2. The largest absolute Gasteiger partial charge is 0.480 e. The fourth-order valence-corrected chi connectivity index (χ4v) is 4.14. The molecule has 0 unspecified atom stereocenters. The number of carboxylic acid groups (broad SMARTS) is 1. The van der Waals surface area contributed by atoms with E-state index >= 15 is 0 Å². The average Bonchev–Trinajstić information content (AvgIpc) is 3.26. The van der Waals surface area contributed by atoms with Crippen LogP contribution in [0.2, 0.25) is 0 Å². The Morgan fingerprint density at radius 3 is 2.83 bits per heavy atom. The molecule has 0 radical (unpaired) electrons. The van der Waals surface area contributed by atoms with Gasteiger partial charge in [0.05, 0.1) is 11.4 Å². The maximum absolute atomic E-state index is 11.7. The summed E-state index contributed by atoms with van der Waals surface area (Å²) in [4.78, 5) is 17.3. The lowest BCUT2D eigenvalue weighted by atomic mass is 10.1. The second-order valence-corrected chi connectivity index (χ2v) is 7.10. The molecule has 124 valence electrons. The number of nitrogens with zero attached hydrogens (tertiary/aromatic N) is 2. The van der Waals surface area contributed by atoms with E-state index in [-0.39, 0.29) is 0 Å². The van der Waals surface area contributed by atoms with Crippen LogP contribution in [0.25, 0.3) is 4.96 Å². The van der Waals surface area contributed by atoms with Crippen molar-refractivity contribution in [3.8, 4) is 0 Å². The highest BCUT2D eigenvalue weighted by Gasteiger charge is 2.29. The molecule has 1 aliphatic rings. The number of benzene rings is 1. The van der Waals surface area contributed by atoms with Gasteiger partial charge in [-0.05, 0) is 25.3 Å². The summed E-state index contributed by atoms with van der Waals surface area (Å²) in [7, 11) is 0. The van der Waals surface area contributed by atoms with Gasteiger partial charge in [-0.15, -0.1) is 11.3 Å². The van der Waals surface area contributed by atoms with Crippen LogP contribution < -0.4 is 5.32 Å². The van der Waals surface area contributed by atoms with Crippen molar-refractivity contribution in [2.75, 3.05) is 0 Å². The molecule has 6 heteroatoms. The fraction of sp³-hybridized carbons (Fsp3) is 0.333. The van der Waals surface area contributed by atoms with Crippen LogP contribution in [0.4, 0.5) is 0 Å². The zero-order chi connectivity index (χ0) is 16.7. The smallest absolute Gasteiger partial charge is 0.325 e. The summed E-state index contributed by atoms with van der Waals surface area (Å²) < 4.78 is 2.22. The first-order chi connectivity index (χ1) is 11.6. The van der Waals surface area contributed by atoms with Crippen molar-refractivity contribution in [1.82, 2.24) is 14.7 Å². The van der Waals surface area contributed by atoms with Crippen LogP contribution in [0, 0.1) is 6.92 Å². The normalized spacial score (nSPS) is 15.7. The number of hydrogen-bond acceptors (Lipinski definition) is 4.